The molecule has 19 heavy (non-hydrogen) atoms. The first-order chi connectivity index (χ1) is 8.89. The molecule has 0 aromatic carbocycles. The van der Waals surface area contributed by atoms with Gasteiger partial charge in [-0.05, 0) is 24.1 Å². The Labute approximate surface area is 110 Å². The monoisotopic (exact) mass is 263 g/mol. The summed E-state index contributed by atoms with van der Waals surface area (Å²) in [5, 5.41) is 7.98. The minimum Gasteiger partial charge on any atom is -0.264 e. The molecule has 5 heteroatoms. The molecule has 0 amide bonds. The van der Waals surface area contributed by atoms with Gasteiger partial charge in [0.15, 0.2) is 0 Å². The Morgan fingerprint density at radius 3 is 2.47 bits per heavy atom. The Morgan fingerprint density at radius 1 is 1.21 bits per heavy atom. The number of alkyl halides is 2. The lowest BCUT2D eigenvalue weighted by atomic mass is 10.0. The summed E-state index contributed by atoms with van der Waals surface area (Å²) in [6, 6.07) is 4.81. The normalized spacial score (nSPS) is 11.9. The van der Waals surface area contributed by atoms with Crippen LogP contribution in [0.25, 0.3) is 11.3 Å². The first-order valence-electron chi connectivity index (χ1n) is 6.06. The predicted octanol–water partition coefficient (Wildman–Crippen LogP) is 3.77. The average molecular weight is 263 g/mol. The van der Waals surface area contributed by atoms with Crippen LogP contribution in [-0.2, 0) is 5.92 Å². The van der Waals surface area contributed by atoms with Gasteiger partial charge in [-0.15, -0.1) is 5.10 Å². The van der Waals surface area contributed by atoms with E-state index in [1.165, 1.54) is 12.3 Å². The maximum absolute atomic E-state index is 13.8. The van der Waals surface area contributed by atoms with Gasteiger partial charge >= 0.3 is 0 Å². The van der Waals surface area contributed by atoms with Crippen molar-refractivity contribution in [1.82, 2.24) is 15.2 Å². The highest BCUT2D eigenvalue weighted by Crippen LogP contribution is 2.34. The molecule has 2 rings (SSSR count). The van der Waals surface area contributed by atoms with E-state index in [1.54, 1.807) is 18.3 Å². The van der Waals surface area contributed by atoms with E-state index in [0.717, 1.165) is 6.92 Å². The fourth-order valence-electron chi connectivity index (χ4n) is 1.74. The summed E-state index contributed by atoms with van der Waals surface area (Å²) in [4.78, 5) is 3.93. The maximum atomic E-state index is 13.8. The molecule has 3 nitrogen and oxygen atoms in total. The molecular weight excluding hydrogens is 248 g/mol. The second-order valence-electron chi connectivity index (χ2n) is 4.82. The van der Waals surface area contributed by atoms with Gasteiger partial charge in [-0.1, -0.05) is 13.8 Å². The lowest BCUT2D eigenvalue weighted by molar-refractivity contribution is 0.0175. The zero-order valence-electron chi connectivity index (χ0n) is 11.1. The van der Waals surface area contributed by atoms with Gasteiger partial charge in [0.1, 0.15) is 5.69 Å². The lowest BCUT2D eigenvalue weighted by Gasteiger charge is -2.16. The van der Waals surface area contributed by atoms with Crippen molar-refractivity contribution in [2.24, 2.45) is 0 Å². The summed E-state index contributed by atoms with van der Waals surface area (Å²) in [7, 11) is 0. The van der Waals surface area contributed by atoms with Crippen LogP contribution in [0.15, 0.2) is 30.6 Å². The van der Waals surface area contributed by atoms with Gasteiger partial charge in [0.05, 0.1) is 11.3 Å². The molecule has 0 saturated carbocycles. The van der Waals surface area contributed by atoms with Crippen molar-refractivity contribution in [3.05, 3.63) is 41.9 Å². The molecule has 0 atom stereocenters. The van der Waals surface area contributed by atoms with Crippen molar-refractivity contribution in [3.63, 3.8) is 0 Å². The number of pyridine rings is 1. The van der Waals surface area contributed by atoms with Gasteiger partial charge in [0, 0.05) is 24.9 Å². The summed E-state index contributed by atoms with van der Waals surface area (Å²) in [6.45, 7) is 4.66. The van der Waals surface area contributed by atoms with E-state index in [9.17, 15) is 8.78 Å². The van der Waals surface area contributed by atoms with E-state index in [4.69, 9.17) is 0 Å². The van der Waals surface area contributed by atoms with Crippen LogP contribution in [0.3, 0.4) is 0 Å². The minimum atomic E-state index is -2.97. The van der Waals surface area contributed by atoms with Gasteiger partial charge in [0.25, 0.3) is 5.92 Å². The first-order valence-corrected chi connectivity index (χ1v) is 6.06. The summed E-state index contributed by atoms with van der Waals surface area (Å²) < 4.78 is 27.5. The Hall–Kier alpha value is -1.91. The van der Waals surface area contributed by atoms with Crippen molar-refractivity contribution in [2.75, 3.05) is 0 Å². The van der Waals surface area contributed by atoms with Gasteiger partial charge < -0.3 is 0 Å². The summed E-state index contributed by atoms with van der Waals surface area (Å²) in [5.41, 5.74) is 1.18. The summed E-state index contributed by atoms with van der Waals surface area (Å²) >= 11 is 0. The van der Waals surface area contributed by atoms with Crippen LogP contribution in [0.5, 0.6) is 0 Å². The molecule has 0 spiro atoms. The predicted molar refractivity (Wildman–Crippen MR) is 68.9 cm³/mol. The van der Waals surface area contributed by atoms with Crippen molar-refractivity contribution in [3.8, 4) is 11.3 Å². The van der Waals surface area contributed by atoms with E-state index < -0.39 is 5.92 Å². The number of hydrogen-bond acceptors (Lipinski definition) is 3. The van der Waals surface area contributed by atoms with Crippen LogP contribution in [-0.4, -0.2) is 15.2 Å². The molecule has 0 N–H and O–H groups in total. The molecule has 0 aliphatic heterocycles. The molecule has 2 aromatic rings. The third-order valence-corrected chi connectivity index (χ3v) is 2.81. The molecule has 0 fully saturated rings. The maximum Gasteiger partial charge on any atom is 0.272 e. The standard InChI is InChI=1S/C14H15F2N3/c1-9(2)12-7-11(14(3,15)16)13(19-18-12)10-5-4-6-17-8-10/h4-9H,1-3H3. The molecule has 2 aromatic heterocycles. The molecule has 0 bridgehead atoms. The molecule has 0 aliphatic carbocycles. The minimum absolute atomic E-state index is 0.0524. The van der Waals surface area contributed by atoms with Crippen LogP contribution >= 0.6 is 0 Å². The topological polar surface area (TPSA) is 38.7 Å². The van der Waals surface area contributed by atoms with Gasteiger partial charge in [0.2, 0.25) is 0 Å². The third kappa shape index (κ3) is 2.92. The van der Waals surface area contributed by atoms with Crippen LogP contribution in [0, 0.1) is 0 Å². The van der Waals surface area contributed by atoms with Gasteiger partial charge in [-0.25, -0.2) is 8.78 Å². The van der Waals surface area contributed by atoms with Crippen molar-refractivity contribution < 1.29 is 8.78 Å². The molecule has 0 unspecified atom stereocenters. The van der Waals surface area contributed by atoms with Crippen LogP contribution in [0.2, 0.25) is 0 Å². The average Bonchev–Trinajstić information content (AvgIpc) is 2.38. The Balaban J connectivity index is 2.62. The molecule has 0 saturated heterocycles. The van der Waals surface area contributed by atoms with Crippen LogP contribution < -0.4 is 0 Å². The number of aromatic nitrogens is 3. The molecule has 100 valence electrons. The van der Waals surface area contributed by atoms with E-state index in [0.29, 0.717) is 11.3 Å². The van der Waals surface area contributed by atoms with E-state index in [2.05, 4.69) is 15.2 Å². The Morgan fingerprint density at radius 2 is 1.95 bits per heavy atom. The van der Waals surface area contributed by atoms with Crippen molar-refractivity contribution >= 4 is 0 Å². The van der Waals surface area contributed by atoms with E-state index in [-0.39, 0.29) is 17.2 Å². The molecule has 0 aliphatic rings. The summed E-state index contributed by atoms with van der Waals surface area (Å²) in [5.74, 6) is -2.92. The SMILES string of the molecule is CC(C)c1cc(C(C)(F)F)c(-c2cccnc2)nn1. The highest BCUT2D eigenvalue weighted by atomic mass is 19.3. The highest BCUT2D eigenvalue weighted by molar-refractivity contribution is 5.62. The molecule has 2 heterocycles. The van der Waals surface area contributed by atoms with E-state index >= 15 is 0 Å². The molecular formula is C14H15F2N3. The van der Waals surface area contributed by atoms with Gasteiger partial charge in [-0.3, -0.25) is 4.98 Å². The van der Waals surface area contributed by atoms with E-state index in [1.807, 2.05) is 13.8 Å². The first kappa shape index (κ1) is 13.5. The number of halogens is 2. The lowest BCUT2D eigenvalue weighted by Crippen LogP contribution is -2.13. The second-order valence-corrected chi connectivity index (χ2v) is 4.82. The number of nitrogens with zero attached hydrogens (tertiary/aromatic N) is 3. The zero-order chi connectivity index (χ0) is 14.0. The van der Waals surface area contributed by atoms with Crippen molar-refractivity contribution in [1.29, 1.82) is 0 Å². The Kier molecular flexibility index (Phi) is 3.55. The molecule has 0 radical (unpaired) electrons. The third-order valence-electron chi connectivity index (χ3n) is 2.81. The second kappa shape index (κ2) is 4.99. The van der Waals surface area contributed by atoms with Crippen molar-refractivity contribution in [2.45, 2.75) is 32.6 Å². The summed E-state index contributed by atoms with van der Waals surface area (Å²) in [6.07, 6.45) is 3.09. The number of rotatable bonds is 3. The fraction of sp³-hybridized carbons (Fsp3) is 0.357. The smallest absolute Gasteiger partial charge is 0.264 e. The quantitative estimate of drug-likeness (QED) is 0.846. The largest absolute Gasteiger partial charge is 0.272 e. The van der Waals surface area contributed by atoms with Gasteiger partial charge in [-0.2, -0.15) is 5.10 Å². The van der Waals surface area contributed by atoms with Crippen LogP contribution in [0.1, 0.15) is 37.9 Å². The fourth-order valence-corrected chi connectivity index (χ4v) is 1.74. The zero-order valence-corrected chi connectivity index (χ0v) is 11.1. The highest BCUT2D eigenvalue weighted by Gasteiger charge is 2.30. The Bertz CT molecular complexity index is 563. The number of hydrogen-bond donors (Lipinski definition) is 0. The van der Waals surface area contributed by atoms with Crippen LogP contribution in [0.4, 0.5) is 8.78 Å².